The number of hydrogen-bond acceptors (Lipinski definition) is 23. The number of carboxylic acids is 1. The summed E-state index contributed by atoms with van der Waals surface area (Å²) in [6.07, 6.45) is 11.7. The molecule has 106 heavy (non-hydrogen) atoms. The van der Waals surface area contributed by atoms with Crippen LogP contribution in [0, 0.1) is 0 Å². The number of nitrogens with zero attached hydrogens (tertiary/aromatic N) is 14. The van der Waals surface area contributed by atoms with Crippen LogP contribution in [0.3, 0.4) is 0 Å². The number of piperidine rings is 3. The molecule has 3 unspecified atom stereocenters. The largest absolute Gasteiger partial charge is 0.478 e. The number of H-pyrrole nitrogens is 3. The third kappa shape index (κ3) is 16.7. The van der Waals surface area contributed by atoms with Crippen molar-refractivity contribution < 1.29 is 38.4 Å². The molecule has 15 rings (SSSR count). The molecule has 544 valence electrons. The lowest BCUT2D eigenvalue weighted by atomic mass is 10.1. The second kappa shape index (κ2) is 32.3. The molecule has 0 spiro atoms. The fourth-order valence-corrected chi connectivity index (χ4v) is 12.5. The highest BCUT2D eigenvalue weighted by atomic mass is 16.6. The fraction of sp³-hybridized carbons (Fsp3) is 0.257. The molecule has 3 saturated heterocycles. The number of carboxylic acid groups (broad SMARTS) is 1. The number of ether oxygens (including phenoxy) is 4. The zero-order chi connectivity index (χ0) is 74.6. The van der Waals surface area contributed by atoms with Gasteiger partial charge < -0.3 is 56.4 Å². The molecule has 3 aromatic carbocycles. The Labute approximate surface area is 604 Å². The Kier molecular flexibility index (Phi) is 22.1. The van der Waals surface area contributed by atoms with Gasteiger partial charge in [0.25, 0.3) is 16.7 Å². The number of hydrogen-bond donors (Lipinski definition) is 8. The van der Waals surface area contributed by atoms with Gasteiger partial charge in [0.05, 0.1) is 34.3 Å². The van der Waals surface area contributed by atoms with Crippen molar-refractivity contribution in [2.45, 2.75) is 83.0 Å². The maximum atomic E-state index is 12.9. The molecule has 32 nitrogen and oxygen atoms in total. The van der Waals surface area contributed by atoms with Crippen LogP contribution in [0.15, 0.2) is 186 Å². The molecule has 0 radical (unpaired) electrons. The molecular formula is C74H77N21O11. The van der Waals surface area contributed by atoms with E-state index in [1.807, 2.05) is 130 Å². The van der Waals surface area contributed by atoms with E-state index in [1.54, 1.807) is 60.6 Å². The van der Waals surface area contributed by atoms with Crippen molar-refractivity contribution in [2.24, 2.45) is 0 Å². The van der Waals surface area contributed by atoms with Gasteiger partial charge in [0.1, 0.15) is 56.5 Å². The number of nitrogen functional groups attached to an aromatic ring is 3. The van der Waals surface area contributed by atoms with Gasteiger partial charge in [-0.15, -0.1) is 0 Å². The minimum absolute atomic E-state index is 0.0755. The normalized spacial score (nSPS) is 15.7. The second-order valence-corrected chi connectivity index (χ2v) is 25.8. The summed E-state index contributed by atoms with van der Waals surface area (Å²) in [6, 6.07) is 38.5. The number of aliphatic carboxylic acids is 1. The summed E-state index contributed by atoms with van der Waals surface area (Å²) < 4.78 is 28.0. The van der Waals surface area contributed by atoms with Crippen molar-refractivity contribution in [2.75, 3.05) is 56.5 Å². The SMILES string of the molecule is C=CC(=O)N1CCCC(n2nc(-c3ccc(Oc4ccccc4)nc3)c3c(N)n[nH]c(=O)c32)C1.C=CC(=O)O.CC(C)(C)OC(=O)N1CCCC(n2nc(-c3ccc(Oc4ccccc4)nc3)c3c(N)n[nH]c(=O)c32)C1.Nc1n[nH]c(=O)c2c1c(-c1ccc(Oc3ccccc3)nc1)nn2C1CCCNC1. The highest BCUT2D eigenvalue weighted by molar-refractivity contribution is 6.01. The van der Waals surface area contributed by atoms with E-state index in [0.717, 1.165) is 63.3 Å². The summed E-state index contributed by atoms with van der Waals surface area (Å²) in [6.45, 7) is 15.7. The highest BCUT2D eigenvalue weighted by Gasteiger charge is 2.33. The summed E-state index contributed by atoms with van der Waals surface area (Å²) in [5.41, 5.74) is 21.5. The van der Waals surface area contributed by atoms with E-state index in [4.69, 9.17) is 56.6 Å². The van der Waals surface area contributed by atoms with Crippen LogP contribution in [-0.4, -0.2) is 153 Å². The molecule has 9 aromatic heterocycles. The Hall–Kier alpha value is -13.4. The summed E-state index contributed by atoms with van der Waals surface area (Å²) in [5, 5.41) is 46.0. The Morgan fingerprint density at radius 3 is 1.20 bits per heavy atom. The lowest BCUT2D eigenvalue weighted by molar-refractivity contribution is -0.131. The first-order valence-corrected chi connectivity index (χ1v) is 34.0. The van der Waals surface area contributed by atoms with Gasteiger partial charge in [0.15, 0.2) is 17.5 Å². The third-order valence-electron chi connectivity index (χ3n) is 17.3. The predicted molar refractivity (Wildman–Crippen MR) is 397 cm³/mol. The maximum Gasteiger partial charge on any atom is 0.410 e. The molecule has 11 N–H and O–H groups in total. The van der Waals surface area contributed by atoms with Crippen molar-refractivity contribution >= 4 is 68.1 Å². The van der Waals surface area contributed by atoms with Crippen molar-refractivity contribution in [3.8, 4) is 68.7 Å². The van der Waals surface area contributed by atoms with Gasteiger partial charge in [-0.2, -0.15) is 30.6 Å². The number of carbonyl (C=O) groups is 3. The summed E-state index contributed by atoms with van der Waals surface area (Å²) in [7, 11) is 0. The van der Waals surface area contributed by atoms with Crippen LogP contribution < -0.4 is 53.4 Å². The van der Waals surface area contributed by atoms with Gasteiger partial charge in [0, 0.05) is 92.3 Å². The molecule has 3 fully saturated rings. The Bertz CT molecular complexity index is 5310. The van der Waals surface area contributed by atoms with E-state index in [9.17, 15) is 28.8 Å². The van der Waals surface area contributed by atoms with Crippen LogP contribution in [0.5, 0.6) is 34.9 Å². The molecule has 0 aliphatic carbocycles. The zero-order valence-electron chi connectivity index (χ0n) is 58.2. The quantitative estimate of drug-likeness (QED) is 0.0469. The number of nitrogens with one attached hydrogen (secondary N) is 4. The molecule has 12 heterocycles. The number of para-hydroxylation sites is 3. The third-order valence-corrected chi connectivity index (χ3v) is 17.3. The van der Waals surface area contributed by atoms with E-state index >= 15 is 0 Å². The number of likely N-dealkylation sites (tertiary alicyclic amines) is 2. The minimum Gasteiger partial charge on any atom is -0.478 e. The number of pyridine rings is 3. The van der Waals surface area contributed by atoms with Crippen molar-refractivity contribution in [3.63, 3.8) is 0 Å². The minimum atomic E-state index is -0.981. The van der Waals surface area contributed by atoms with E-state index in [0.29, 0.717) is 122 Å². The Morgan fingerprint density at radius 2 is 0.868 bits per heavy atom. The van der Waals surface area contributed by atoms with Crippen molar-refractivity contribution in [1.82, 2.24) is 90.0 Å². The standard InChI is InChI=1S/C26H29N7O4.C24H23N7O3.C21H21N7O2.C3H4O2/c1-26(2,3)37-25(35)32-13-7-8-17(15-32)33-22-20(23(27)29-30-24(22)34)21(31-33)16-11-12-19(28-14-16)36-18-9-5-4-6-10-18;1-2-19(32)30-12-6-7-16(14-30)31-22-20(23(25)27-28-24(22)33)21(29-31)15-10-11-18(26-13-15)34-17-8-4-3-5-9-17;22-20-17-18(13-8-9-16(24-11-13)30-15-6-2-1-3-7-15)27-28(14-5-4-10-23-12-14)19(17)21(29)26-25-20;1-2-3(4)5/h4-6,9-12,14,17H,7-8,13,15H2,1-3H3,(H2,27,29)(H,30,34);2-5,8-11,13,16H,1,6-7,12,14H2,(H2,25,27)(H,28,33);1-3,6-9,11,14,23H,4-5,10,12H2,(H2,22,25)(H,26,29);2H,1H2,(H,4,5). The molecule has 3 aliphatic heterocycles. The lowest BCUT2D eigenvalue weighted by Crippen LogP contribution is -2.43. The molecule has 0 bridgehead atoms. The topological polar surface area (TPSA) is 434 Å². The fourth-order valence-electron chi connectivity index (χ4n) is 12.5. The summed E-state index contributed by atoms with van der Waals surface area (Å²) in [5.74, 6) is 2.79. The first-order chi connectivity index (χ1) is 51.2. The molecule has 3 aliphatic rings. The van der Waals surface area contributed by atoms with Gasteiger partial charge in [-0.05, 0) is 127 Å². The number of carbonyl (C=O) groups excluding carboxylic acids is 2. The van der Waals surface area contributed by atoms with Gasteiger partial charge >= 0.3 is 12.1 Å². The molecule has 32 heteroatoms. The van der Waals surface area contributed by atoms with E-state index in [-0.39, 0.29) is 53.1 Å². The van der Waals surface area contributed by atoms with Crippen molar-refractivity contribution in [1.29, 1.82) is 0 Å². The van der Waals surface area contributed by atoms with E-state index in [1.165, 1.54) is 6.08 Å². The average molecular weight is 1440 g/mol. The smallest absolute Gasteiger partial charge is 0.410 e. The summed E-state index contributed by atoms with van der Waals surface area (Å²) >= 11 is 0. The number of anilines is 3. The number of aromatic amines is 3. The Morgan fingerprint density at radius 1 is 0.509 bits per heavy atom. The van der Waals surface area contributed by atoms with Gasteiger partial charge in [-0.25, -0.2) is 39.8 Å². The van der Waals surface area contributed by atoms with E-state index < -0.39 is 22.7 Å². The molecule has 0 saturated carbocycles. The van der Waals surface area contributed by atoms with Crippen LogP contribution >= 0.6 is 0 Å². The number of benzene rings is 3. The number of amides is 2. The number of aromatic nitrogens is 15. The first-order valence-electron chi connectivity index (χ1n) is 34.0. The van der Waals surface area contributed by atoms with Crippen LogP contribution in [0.4, 0.5) is 22.2 Å². The van der Waals surface area contributed by atoms with Crippen LogP contribution in [0.2, 0.25) is 0 Å². The summed E-state index contributed by atoms with van der Waals surface area (Å²) in [4.78, 5) is 89.1. The number of rotatable bonds is 14. The van der Waals surface area contributed by atoms with Gasteiger partial charge in [-0.1, -0.05) is 67.8 Å². The predicted octanol–water partition coefficient (Wildman–Crippen LogP) is 9.77. The molecule has 3 atom stereocenters. The zero-order valence-corrected chi connectivity index (χ0v) is 58.2. The van der Waals surface area contributed by atoms with Crippen LogP contribution in [0.25, 0.3) is 66.5 Å². The maximum absolute atomic E-state index is 12.9. The lowest BCUT2D eigenvalue weighted by Gasteiger charge is -2.34. The number of nitrogens with two attached hydrogens (primary N) is 3. The van der Waals surface area contributed by atoms with Crippen LogP contribution in [0.1, 0.15) is 77.4 Å². The van der Waals surface area contributed by atoms with Gasteiger partial charge in [-0.3, -0.25) is 33.2 Å². The van der Waals surface area contributed by atoms with E-state index in [2.05, 4.69) is 64.0 Å². The van der Waals surface area contributed by atoms with Crippen LogP contribution in [-0.2, 0) is 14.3 Å². The average Bonchev–Trinajstić information content (AvgIpc) is 1.61. The Balaban J connectivity index is 0.000000145. The highest BCUT2D eigenvalue weighted by Crippen LogP contribution is 2.38. The molecular weight excluding hydrogens is 1360 g/mol. The van der Waals surface area contributed by atoms with Crippen molar-refractivity contribution in [3.05, 3.63) is 202 Å². The van der Waals surface area contributed by atoms with Gasteiger partial charge in [0.2, 0.25) is 23.5 Å². The second-order valence-electron chi connectivity index (χ2n) is 25.8. The first kappa shape index (κ1) is 72.4. The monoisotopic (exact) mass is 1440 g/mol. The molecule has 12 aromatic rings. The number of fused-ring (bicyclic) bond motifs is 3. The molecule has 2 amide bonds.